The molecule has 4 heteroatoms. The van der Waals surface area contributed by atoms with E-state index in [1.165, 1.54) is 0 Å². The molecule has 0 saturated heterocycles. The normalized spacial score (nSPS) is 9.64. The number of carbonyl (C=O) groups is 1. The lowest BCUT2D eigenvalue weighted by atomic mass is 10.3. The molecule has 0 unspecified atom stereocenters. The van der Waals surface area contributed by atoms with Gasteiger partial charge in [0.2, 0.25) is 5.91 Å². The van der Waals surface area contributed by atoms with Gasteiger partial charge >= 0.3 is 0 Å². The SMILES string of the molecule is CC(C)=CC(=O)NCc1sccc1Br. The van der Waals surface area contributed by atoms with Gasteiger partial charge in [-0.05, 0) is 41.2 Å². The Labute approximate surface area is 96.2 Å². The molecule has 0 aromatic carbocycles. The topological polar surface area (TPSA) is 29.1 Å². The van der Waals surface area contributed by atoms with Gasteiger partial charge in [0, 0.05) is 15.4 Å². The van der Waals surface area contributed by atoms with Gasteiger partial charge in [0.05, 0.1) is 6.54 Å². The molecule has 0 aliphatic rings. The number of nitrogens with one attached hydrogen (secondary N) is 1. The summed E-state index contributed by atoms with van der Waals surface area (Å²) < 4.78 is 1.06. The summed E-state index contributed by atoms with van der Waals surface area (Å²) in [5.41, 5.74) is 1.01. The summed E-state index contributed by atoms with van der Waals surface area (Å²) in [5, 5.41) is 4.81. The van der Waals surface area contributed by atoms with Crippen LogP contribution in [0.1, 0.15) is 18.7 Å². The van der Waals surface area contributed by atoms with Crippen molar-refractivity contribution in [3.8, 4) is 0 Å². The summed E-state index contributed by atoms with van der Waals surface area (Å²) in [5.74, 6) is -0.0368. The molecule has 2 nitrogen and oxygen atoms in total. The fraction of sp³-hybridized carbons (Fsp3) is 0.300. The highest BCUT2D eigenvalue weighted by Crippen LogP contribution is 2.21. The molecule has 0 fully saturated rings. The van der Waals surface area contributed by atoms with E-state index in [1.54, 1.807) is 17.4 Å². The molecule has 0 atom stereocenters. The summed E-state index contributed by atoms with van der Waals surface area (Å²) in [4.78, 5) is 12.4. The molecule has 1 heterocycles. The second kappa shape index (κ2) is 5.32. The van der Waals surface area contributed by atoms with Crippen molar-refractivity contribution in [1.82, 2.24) is 5.32 Å². The zero-order chi connectivity index (χ0) is 10.6. The quantitative estimate of drug-likeness (QED) is 0.843. The van der Waals surface area contributed by atoms with E-state index in [1.807, 2.05) is 25.3 Å². The maximum atomic E-state index is 11.3. The molecule has 76 valence electrons. The smallest absolute Gasteiger partial charge is 0.244 e. The van der Waals surface area contributed by atoms with Crippen LogP contribution in [-0.4, -0.2) is 5.91 Å². The number of amides is 1. The van der Waals surface area contributed by atoms with Crippen molar-refractivity contribution < 1.29 is 4.79 Å². The Balaban J connectivity index is 2.46. The molecule has 1 aromatic heterocycles. The highest BCUT2D eigenvalue weighted by molar-refractivity contribution is 9.10. The second-order valence-electron chi connectivity index (χ2n) is 3.13. The lowest BCUT2D eigenvalue weighted by Gasteiger charge is -2.00. The van der Waals surface area contributed by atoms with Crippen molar-refractivity contribution in [3.05, 3.63) is 32.4 Å². The van der Waals surface area contributed by atoms with E-state index in [4.69, 9.17) is 0 Å². The third kappa shape index (κ3) is 3.64. The van der Waals surface area contributed by atoms with Crippen molar-refractivity contribution in [2.24, 2.45) is 0 Å². The minimum Gasteiger partial charge on any atom is -0.348 e. The largest absolute Gasteiger partial charge is 0.348 e. The van der Waals surface area contributed by atoms with Gasteiger partial charge in [0.15, 0.2) is 0 Å². The Bertz CT molecular complexity index is 353. The van der Waals surface area contributed by atoms with Crippen molar-refractivity contribution >= 4 is 33.2 Å². The second-order valence-corrected chi connectivity index (χ2v) is 4.99. The van der Waals surface area contributed by atoms with Gasteiger partial charge in [-0.25, -0.2) is 0 Å². The fourth-order valence-electron chi connectivity index (χ4n) is 0.932. The first kappa shape index (κ1) is 11.5. The lowest BCUT2D eigenvalue weighted by Crippen LogP contribution is -2.20. The van der Waals surface area contributed by atoms with E-state index in [0.29, 0.717) is 6.54 Å². The maximum absolute atomic E-state index is 11.3. The number of hydrogen-bond donors (Lipinski definition) is 1. The van der Waals surface area contributed by atoms with Gasteiger partial charge in [-0.3, -0.25) is 4.79 Å². The molecule has 0 aliphatic heterocycles. The van der Waals surface area contributed by atoms with E-state index < -0.39 is 0 Å². The van der Waals surface area contributed by atoms with Crippen LogP contribution in [0.4, 0.5) is 0 Å². The van der Waals surface area contributed by atoms with Gasteiger partial charge in [-0.15, -0.1) is 11.3 Å². The molecule has 1 N–H and O–H groups in total. The number of allylic oxidation sites excluding steroid dienone is 1. The lowest BCUT2D eigenvalue weighted by molar-refractivity contribution is -0.116. The van der Waals surface area contributed by atoms with Crippen LogP contribution in [0.25, 0.3) is 0 Å². The predicted molar refractivity (Wildman–Crippen MR) is 63.3 cm³/mol. The summed E-state index contributed by atoms with van der Waals surface area (Å²) in [7, 11) is 0. The van der Waals surface area contributed by atoms with Crippen LogP contribution >= 0.6 is 27.3 Å². The minimum atomic E-state index is -0.0368. The summed E-state index contributed by atoms with van der Waals surface area (Å²) in [6, 6.07) is 1.98. The monoisotopic (exact) mass is 273 g/mol. The van der Waals surface area contributed by atoms with E-state index in [9.17, 15) is 4.79 Å². The van der Waals surface area contributed by atoms with Crippen LogP contribution < -0.4 is 5.32 Å². The summed E-state index contributed by atoms with van der Waals surface area (Å²) in [6.07, 6.45) is 1.60. The average molecular weight is 274 g/mol. The highest BCUT2D eigenvalue weighted by Gasteiger charge is 2.02. The van der Waals surface area contributed by atoms with Crippen molar-refractivity contribution in [3.63, 3.8) is 0 Å². The van der Waals surface area contributed by atoms with Crippen molar-refractivity contribution in [2.45, 2.75) is 20.4 Å². The van der Waals surface area contributed by atoms with E-state index in [-0.39, 0.29) is 5.91 Å². The number of halogens is 1. The van der Waals surface area contributed by atoms with Gasteiger partial charge in [-0.1, -0.05) is 5.57 Å². The third-order valence-corrected chi connectivity index (χ3v) is 3.46. The molecular formula is C10H12BrNOS. The molecule has 0 saturated carbocycles. The average Bonchev–Trinajstić information content (AvgIpc) is 2.46. The Morgan fingerprint density at radius 1 is 1.64 bits per heavy atom. The zero-order valence-electron chi connectivity index (χ0n) is 8.13. The Hall–Kier alpha value is -0.610. The van der Waals surface area contributed by atoms with Gasteiger partial charge in [0.1, 0.15) is 0 Å². The van der Waals surface area contributed by atoms with E-state index in [0.717, 1.165) is 14.9 Å². The van der Waals surface area contributed by atoms with Crippen molar-refractivity contribution in [2.75, 3.05) is 0 Å². The Morgan fingerprint density at radius 2 is 2.36 bits per heavy atom. The molecule has 1 amide bonds. The van der Waals surface area contributed by atoms with E-state index >= 15 is 0 Å². The molecule has 14 heavy (non-hydrogen) atoms. The predicted octanol–water partition coefficient (Wildman–Crippen LogP) is 3.09. The first-order chi connectivity index (χ1) is 6.59. The molecular weight excluding hydrogens is 262 g/mol. The van der Waals surface area contributed by atoms with Crippen LogP contribution in [-0.2, 0) is 11.3 Å². The Morgan fingerprint density at radius 3 is 2.86 bits per heavy atom. The standard InChI is InChI=1S/C10H12BrNOS/c1-7(2)5-10(13)12-6-9-8(11)3-4-14-9/h3-5H,6H2,1-2H3,(H,12,13). The third-order valence-electron chi connectivity index (χ3n) is 1.53. The molecule has 0 radical (unpaired) electrons. The minimum absolute atomic E-state index is 0.0368. The highest BCUT2D eigenvalue weighted by atomic mass is 79.9. The van der Waals surface area contributed by atoms with Gasteiger partial charge in [-0.2, -0.15) is 0 Å². The summed E-state index contributed by atoms with van der Waals surface area (Å²) in [6.45, 7) is 4.39. The van der Waals surface area contributed by atoms with Gasteiger partial charge < -0.3 is 5.32 Å². The first-order valence-corrected chi connectivity index (χ1v) is 5.91. The molecule has 0 aliphatic carbocycles. The molecule has 1 rings (SSSR count). The van der Waals surface area contributed by atoms with Crippen LogP contribution in [0.5, 0.6) is 0 Å². The van der Waals surface area contributed by atoms with Gasteiger partial charge in [0.25, 0.3) is 0 Å². The first-order valence-electron chi connectivity index (χ1n) is 4.24. The zero-order valence-corrected chi connectivity index (χ0v) is 10.5. The van der Waals surface area contributed by atoms with E-state index in [2.05, 4.69) is 21.2 Å². The molecule has 0 spiro atoms. The fourth-order valence-corrected chi connectivity index (χ4v) is 2.36. The van der Waals surface area contributed by atoms with Crippen LogP contribution in [0.2, 0.25) is 0 Å². The van der Waals surface area contributed by atoms with Crippen molar-refractivity contribution in [1.29, 1.82) is 0 Å². The van der Waals surface area contributed by atoms with Crippen LogP contribution in [0.15, 0.2) is 27.6 Å². The summed E-state index contributed by atoms with van der Waals surface area (Å²) >= 11 is 5.04. The number of hydrogen-bond acceptors (Lipinski definition) is 2. The number of rotatable bonds is 3. The van der Waals surface area contributed by atoms with Crippen LogP contribution in [0.3, 0.4) is 0 Å². The van der Waals surface area contributed by atoms with Crippen LogP contribution in [0, 0.1) is 0 Å². The molecule has 0 bridgehead atoms. The maximum Gasteiger partial charge on any atom is 0.244 e. The Kier molecular flexibility index (Phi) is 4.35. The number of carbonyl (C=O) groups excluding carboxylic acids is 1. The molecule has 1 aromatic rings. The number of thiophene rings is 1.